The van der Waals surface area contributed by atoms with Gasteiger partial charge in [-0.25, -0.2) is 14.3 Å². The Labute approximate surface area is 147 Å². The van der Waals surface area contributed by atoms with Crippen LogP contribution < -0.4 is 0 Å². The first-order valence-corrected chi connectivity index (χ1v) is 7.79. The third-order valence-corrected chi connectivity index (χ3v) is 3.90. The van der Waals surface area contributed by atoms with Gasteiger partial charge in [-0.2, -0.15) is 18.3 Å². The van der Waals surface area contributed by atoms with Crippen LogP contribution in [0.5, 0.6) is 0 Å². The molecule has 1 aromatic carbocycles. The highest BCUT2D eigenvalue weighted by Crippen LogP contribution is 2.33. The van der Waals surface area contributed by atoms with Gasteiger partial charge in [0.15, 0.2) is 11.3 Å². The van der Waals surface area contributed by atoms with Crippen LogP contribution in [-0.4, -0.2) is 25.7 Å². The number of hydrogen-bond donors (Lipinski definition) is 1. The zero-order valence-corrected chi connectivity index (χ0v) is 14.3. The van der Waals surface area contributed by atoms with Gasteiger partial charge < -0.3 is 5.11 Å². The first kappa shape index (κ1) is 17.9. The maximum absolute atomic E-state index is 13.0. The molecule has 2 aromatic heterocycles. The molecule has 0 bridgehead atoms. The van der Waals surface area contributed by atoms with Crippen LogP contribution in [0.1, 0.15) is 42.5 Å². The average Bonchev–Trinajstić information content (AvgIpc) is 2.97. The van der Waals surface area contributed by atoms with Crippen molar-refractivity contribution in [1.82, 2.24) is 14.6 Å². The molecule has 0 aliphatic carbocycles. The number of nitrogens with zero attached hydrogens (tertiary/aromatic N) is 3. The fourth-order valence-corrected chi connectivity index (χ4v) is 2.51. The highest BCUT2D eigenvalue weighted by molar-refractivity contribution is 5.87. The minimum absolute atomic E-state index is 0.207. The second-order valence-corrected chi connectivity index (χ2v) is 6.96. The molecule has 5 nitrogen and oxygen atoms in total. The van der Waals surface area contributed by atoms with E-state index in [1.807, 2.05) is 20.8 Å². The Hall–Kier alpha value is -2.90. The molecule has 3 aromatic rings. The van der Waals surface area contributed by atoms with E-state index in [9.17, 15) is 23.1 Å². The van der Waals surface area contributed by atoms with Crippen molar-refractivity contribution >= 4 is 11.6 Å². The van der Waals surface area contributed by atoms with Gasteiger partial charge in [0, 0.05) is 17.0 Å². The molecule has 2 heterocycles. The molecule has 1 N–H and O–H groups in total. The van der Waals surface area contributed by atoms with Crippen molar-refractivity contribution < 1.29 is 23.1 Å². The molecule has 0 aliphatic heterocycles. The molecule has 8 heteroatoms. The summed E-state index contributed by atoms with van der Waals surface area (Å²) in [6.45, 7) is 5.78. The van der Waals surface area contributed by atoms with Crippen molar-refractivity contribution in [2.24, 2.45) is 0 Å². The van der Waals surface area contributed by atoms with Crippen molar-refractivity contribution in [2.75, 3.05) is 0 Å². The van der Waals surface area contributed by atoms with E-state index < -0.39 is 17.7 Å². The van der Waals surface area contributed by atoms with Crippen molar-refractivity contribution in [3.63, 3.8) is 0 Å². The third kappa shape index (κ3) is 3.26. The number of carboxylic acid groups (broad SMARTS) is 1. The van der Waals surface area contributed by atoms with Crippen LogP contribution in [0.15, 0.2) is 36.4 Å². The fraction of sp³-hybridized carbons (Fsp3) is 0.278. The Morgan fingerprint density at radius 1 is 1.12 bits per heavy atom. The number of benzene rings is 1. The number of hydrogen-bond acceptors (Lipinski definition) is 3. The van der Waals surface area contributed by atoms with Crippen molar-refractivity contribution in [3.05, 3.63) is 53.3 Å². The van der Waals surface area contributed by atoms with Crippen molar-refractivity contribution in [2.45, 2.75) is 32.4 Å². The molecule has 0 spiro atoms. The fourth-order valence-electron chi connectivity index (χ4n) is 2.51. The Morgan fingerprint density at radius 3 is 2.38 bits per heavy atom. The SMILES string of the molecule is CC(C)(C)c1cc2nc(C(=O)O)cc(-c3cccc(C(F)(F)F)c3)n2n1. The summed E-state index contributed by atoms with van der Waals surface area (Å²) in [5.41, 5.74) is -0.0528. The van der Waals surface area contributed by atoms with E-state index in [1.54, 1.807) is 6.07 Å². The van der Waals surface area contributed by atoms with Gasteiger partial charge in [-0.15, -0.1) is 0 Å². The summed E-state index contributed by atoms with van der Waals surface area (Å²) in [5, 5.41) is 13.7. The van der Waals surface area contributed by atoms with Gasteiger partial charge in [0.25, 0.3) is 0 Å². The molecule has 0 unspecified atom stereocenters. The number of aromatic carboxylic acids is 1. The predicted octanol–water partition coefficient (Wildman–Crippen LogP) is 4.41. The summed E-state index contributed by atoms with van der Waals surface area (Å²) in [5.74, 6) is -1.26. The number of rotatable bonds is 2. The monoisotopic (exact) mass is 363 g/mol. The topological polar surface area (TPSA) is 67.5 Å². The first-order chi connectivity index (χ1) is 12.0. The Kier molecular flexibility index (Phi) is 4.01. The number of aromatic nitrogens is 3. The lowest BCUT2D eigenvalue weighted by atomic mass is 9.93. The van der Waals surface area contributed by atoms with Gasteiger partial charge in [0.1, 0.15) is 0 Å². The molecule has 0 saturated heterocycles. The van der Waals surface area contributed by atoms with E-state index in [0.29, 0.717) is 5.69 Å². The number of fused-ring (bicyclic) bond motifs is 1. The van der Waals surface area contributed by atoms with E-state index in [1.165, 1.54) is 22.7 Å². The summed E-state index contributed by atoms with van der Waals surface area (Å²) < 4.78 is 40.5. The smallest absolute Gasteiger partial charge is 0.416 e. The summed E-state index contributed by atoms with van der Waals surface area (Å²) in [7, 11) is 0. The molecular formula is C18H16F3N3O2. The second kappa shape index (κ2) is 5.82. The second-order valence-electron chi connectivity index (χ2n) is 6.96. The van der Waals surface area contributed by atoms with E-state index in [2.05, 4.69) is 10.1 Å². The van der Waals surface area contributed by atoms with Crippen LogP contribution in [0.25, 0.3) is 16.9 Å². The van der Waals surface area contributed by atoms with E-state index in [-0.39, 0.29) is 28.0 Å². The molecule has 0 atom stereocenters. The third-order valence-electron chi connectivity index (χ3n) is 3.90. The van der Waals surface area contributed by atoms with Crippen LogP contribution in [0.2, 0.25) is 0 Å². The van der Waals surface area contributed by atoms with Gasteiger partial charge in [-0.3, -0.25) is 0 Å². The van der Waals surface area contributed by atoms with Gasteiger partial charge in [0.05, 0.1) is 17.0 Å². The standard InChI is InChI=1S/C18H16F3N3O2/c1-17(2,3)14-9-15-22-12(16(25)26)8-13(24(15)23-14)10-5-4-6-11(7-10)18(19,20)21/h4-9H,1-3H3,(H,25,26). The summed E-state index contributed by atoms with van der Waals surface area (Å²) >= 11 is 0. The average molecular weight is 363 g/mol. The Balaban J connectivity index is 2.30. The molecular weight excluding hydrogens is 347 g/mol. The molecule has 136 valence electrons. The molecule has 0 radical (unpaired) electrons. The van der Waals surface area contributed by atoms with Gasteiger partial charge in [0.2, 0.25) is 0 Å². The summed E-state index contributed by atoms with van der Waals surface area (Å²) in [4.78, 5) is 15.4. The lowest BCUT2D eigenvalue weighted by Gasteiger charge is -2.14. The van der Waals surface area contributed by atoms with Crippen LogP contribution >= 0.6 is 0 Å². The highest BCUT2D eigenvalue weighted by Gasteiger charge is 2.31. The van der Waals surface area contributed by atoms with Crippen LogP contribution in [0.4, 0.5) is 13.2 Å². The largest absolute Gasteiger partial charge is 0.477 e. The lowest BCUT2D eigenvalue weighted by molar-refractivity contribution is -0.137. The Morgan fingerprint density at radius 2 is 1.81 bits per heavy atom. The maximum Gasteiger partial charge on any atom is 0.416 e. The zero-order valence-electron chi connectivity index (χ0n) is 14.3. The quantitative estimate of drug-likeness (QED) is 0.732. The van der Waals surface area contributed by atoms with E-state index >= 15 is 0 Å². The van der Waals surface area contributed by atoms with Gasteiger partial charge in [-0.05, 0) is 18.2 Å². The van der Waals surface area contributed by atoms with E-state index in [4.69, 9.17) is 0 Å². The molecule has 0 amide bonds. The molecule has 3 rings (SSSR count). The minimum atomic E-state index is -4.50. The number of halogens is 3. The number of carbonyl (C=O) groups is 1. The van der Waals surface area contributed by atoms with E-state index in [0.717, 1.165) is 12.1 Å². The normalized spacial score (nSPS) is 12.5. The molecule has 0 saturated carbocycles. The zero-order chi connectivity index (χ0) is 19.3. The van der Waals surface area contributed by atoms with Crippen LogP contribution in [-0.2, 0) is 11.6 Å². The van der Waals surface area contributed by atoms with Crippen LogP contribution in [0.3, 0.4) is 0 Å². The molecule has 26 heavy (non-hydrogen) atoms. The van der Waals surface area contributed by atoms with Crippen LogP contribution in [0, 0.1) is 0 Å². The molecule has 0 fully saturated rings. The summed E-state index contributed by atoms with van der Waals surface area (Å²) in [6.07, 6.45) is -4.50. The maximum atomic E-state index is 13.0. The number of carboxylic acids is 1. The summed E-state index contributed by atoms with van der Waals surface area (Å²) in [6, 6.07) is 7.56. The van der Waals surface area contributed by atoms with Crippen molar-refractivity contribution in [1.29, 1.82) is 0 Å². The Bertz CT molecular complexity index is 1000. The van der Waals surface area contributed by atoms with Gasteiger partial charge >= 0.3 is 12.1 Å². The van der Waals surface area contributed by atoms with Gasteiger partial charge in [-0.1, -0.05) is 32.9 Å². The predicted molar refractivity (Wildman–Crippen MR) is 89.1 cm³/mol. The molecule has 0 aliphatic rings. The lowest BCUT2D eigenvalue weighted by Crippen LogP contribution is -2.12. The highest BCUT2D eigenvalue weighted by atomic mass is 19.4. The first-order valence-electron chi connectivity index (χ1n) is 7.79. The number of alkyl halides is 3. The van der Waals surface area contributed by atoms with Crippen molar-refractivity contribution in [3.8, 4) is 11.3 Å². The minimum Gasteiger partial charge on any atom is -0.477 e.